The normalized spacial score (nSPS) is 12.2. The SMILES string of the molecule is COc1ccc(Br)c(C(O)Cc2ccc(C)c(C)c2)c1. The molecule has 0 fully saturated rings. The molecule has 0 saturated carbocycles. The van der Waals surface area contributed by atoms with Gasteiger partial charge in [-0.2, -0.15) is 0 Å². The predicted octanol–water partition coefficient (Wildman–Crippen LogP) is 4.35. The standard InChI is InChI=1S/C17H19BrO2/c1-11-4-5-13(8-12(11)2)9-17(19)15-10-14(20-3)6-7-16(15)18/h4-8,10,17,19H,9H2,1-3H3. The van der Waals surface area contributed by atoms with Crippen molar-refractivity contribution in [3.63, 3.8) is 0 Å². The Morgan fingerprint density at radius 2 is 1.85 bits per heavy atom. The molecule has 20 heavy (non-hydrogen) atoms. The zero-order valence-electron chi connectivity index (χ0n) is 12.0. The van der Waals surface area contributed by atoms with Crippen LogP contribution in [0.3, 0.4) is 0 Å². The monoisotopic (exact) mass is 334 g/mol. The van der Waals surface area contributed by atoms with Crippen LogP contribution in [0.4, 0.5) is 0 Å². The van der Waals surface area contributed by atoms with Crippen molar-refractivity contribution in [3.05, 3.63) is 63.1 Å². The molecule has 0 aromatic heterocycles. The van der Waals surface area contributed by atoms with Crippen LogP contribution >= 0.6 is 15.9 Å². The number of aryl methyl sites for hydroxylation is 2. The number of hydrogen-bond donors (Lipinski definition) is 1. The molecule has 3 heteroatoms. The highest BCUT2D eigenvalue weighted by atomic mass is 79.9. The van der Waals surface area contributed by atoms with E-state index >= 15 is 0 Å². The summed E-state index contributed by atoms with van der Waals surface area (Å²) in [5.74, 6) is 0.752. The molecule has 2 aromatic rings. The topological polar surface area (TPSA) is 29.5 Å². The van der Waals surface area contributed by atoms with E-state index in [-0.39, 0.29) is 0 Å². The van der Waals surface area contributed by atoms with Gasteiger partial charge in [0.2, 0.25) is 0 Å². The molecule has 0 bridgehead atoms. The second-order valence-corrected chi connectivity index (χ2v) is 5.88. The van der Waals surface area contributed by atoms with Crippen molar-refractivity contribution < 1.29 is 9.84 Å². The van der Waals surface area contributed by atoms with Gasteiger partial charge in [0, 0.05) is 10.9 Å². The van der Waals surface area contributed by atoms with Crippen molar-refractivity contribution in [2.75, 3.05) is 7.11 Å². The minimum atomic E-state index is -0.554. The highest BCUT2D eigenvalue weighted by molar-refractivity contribution is 9.10. The van der Waals surface area contributed by atoms with E-state index < -0.39 is 6.10 Å². The van der Waals surface area contributed by atoms with E-state index in [0.29, 0.717) is 6.42 Å². The van der Waals surface area contributed by atoms with Gasteiger partial charge in [-0.3, -0.25) is 0 Å². The summed E-state index contributed by atoms with van der Waals surface area (Å²) in [6.45, 7) is 4.18. The third-order valence-corrected chi connectivity index (χ3v) is 4.28. The Balaban J connectivity index is 2.23. The summed E-state index contributed by atoms with van der Waals surface area (Å²) in [4.78, 5) is 0. The molecule has 0 spiro atoms. The fourth-order valence-corrected chi connectivity index (χ4v) is 2.68. The molecule has 0 saturated heterocycles. The molecule has 0 aliphatic rings. The van der Waals surface area contributed by atoms with Crippen molar-refractivity contribution in [1.29, 1.82) is 0 Å². The van der Waals surface area contributed by atoms with E-state index in [4.69, 9.17) is 4.74 Å². The van der Waals surface area contributed by atoms with Gasteiger partial charge in [0.15, 0.2) is 0 Å². The maximum Gasteiger partial charge on any atom is 0.119 e. The molecule has 0 aliphatic carbocycles. The fourth-order valence-electron chi connectivity index (χ4n) is 2.17. The molecule has 2 rings (SSSR count). The zero-order valence-corrected chi connectivity index (χ0v) is 13.6. The van der Waals surface area contributed by atoms with E-state index in [0.717, 1.165) is 21.3 Å². The number of methoxy groups -OCH3 is 1. The lowest BCUT2D eigenvalue weighted by atomic mass is 9.98. The first-order valence-electron chi connectivity index (χ1n) is 6.59. The summed E-state index contributed by atoms with van der Waals surface area (Å²) in [5, 5.41) is 10.4. The quantitative estimate of drug-likeness (QED) is 0.900. The van der Waals surface area contributed by atoms with Crippen LogP contribution in [0.2, 0.25) is 0 Å². The smallest absolute Gasteiger partial charge is 0.119 e. The molecule has 0 radical (unpaired) electrons. The summed E-state index contributed by atoms with van der Waals surface area (Å²) >= 11 is 3.48. The molecule has 0 heterocycles. The molecule has 1 N–H and O–H groups in total. The fraction of sp³-hybridized carbons (Fsp3) is 0.294. The highest BCUT2D eigenvalue weighted by Crippen LogP contribution is 2.30. The van der Waals surface area contributed by atoms with Gasteiger partial charge >= 0.3 is 0 Å². The van der Waals surface area contributed by atoms with Crippen LogP contribution in [0.25, 0.3) is 0 Å². The van der Waals surface area contributed by atoms with E-state index in [2.05, 4.69) is 48.0 Å². The predicted molar refractivity (Wildman–Crippen MR) is 85.3 cm³/mol. The Hall–Kier alpha value is -1.32. The van der Waals surface area contributed by atoms with E-state index in [1.165, 1.54) is 11.1 Å². The summed E-state index contributed by atoms with van der Waals surface area (Å²) in [5.41, 5.74) is 4.50. The zero-order chi connectivity index (χ0) is 14.7. The average Bonchev–Trinajstić information content (AvgIpc) is 2.43. The number of aliphatic hydroxyl groups excluding tert-OH is 1. The van der Waals surface area contributed by atoms with Crippen molar-refractivity contribution in [3.8, 4) is 5.75 Å². The maximum absolute atomic E-state index is 10.4. The number of rotatable bonds is 4. The number of benzene rings is 2. The van der Waals surface area contributed by atoms with Crippen LogP contribution in [0.15, 0.2) is 40.9 Å². The van der Waals surface area contributed by atoms with Gasteiger partial charge < -0.3 is 9.84 Å². The van der Waals surface area contributed by atoms with Crippen molar-refractivity contribution in [2.45, 2.75) is 26.4 Å². The molecular weight excluding hydrogens is 316 g/mol. The Labute approximate surface area is 128 Å². The highest BCUT2D eigenvalue weighted by Gasteiger charge is 2.13. The molecule has 2 aromatic carbocycles. The lowest BCUT2D eigenvalue weighted by Crippen LogP contribution is -2.03. The number of ether oxygens (including phenoxy) is 1. The summed E-state index contributed by atoms with van der Waals surface area (Å²) in [6.07, 6.45) is 0.0361. The lowest BCUT2D eigenvalue weighted by Gasteiger charge is -2.15. The Morgan fingerprint density at radius 3 is 2.50 bits per heavy atom. The molecule has 2 nitrogen and oxygen atoms in total. The second kappa shape index (κ2) is 6.42. The lowest BCUT2D eigenvalue weighted by molar-refractivity contribution is 0.177. The van der Waals surface area contributed by atoms with Gasteiger partial charge in [-0.1, -0.05) is 34.1 Å². The van der Waals surface area contributed by atoms with E-state index in [1.807, 2.05) is 18.2 Å². The summed E-state index contributed by atoms with van der Waals surface area (Å²) in [6, 6.07) is 11.9. The number of halogens is 1. The minimum absolute atomic E-state index is 0.554. The van der Waals surface area contributed by atoms with Crippen LogP contribution in [0, 0.1) is 13.8 Å². The van der Waals surface area contributed by atoms with Gasteiger partial charge in [-0.25, -0.2) is 0 Å². The van der Waals surface area contributed by atoms with Gasteiger partial charge in [-0.05, 0) is 54.3 Å². The van der Waals surface area contributed by atoms with Crippen molar-refractivity contribution in [1.82, 2.24) is 0 Å². The summed E-state index contributed by atoms with van der Waals surface area (Å²) in [7, 11) is 1.63. The molecule has 106 valence electrons. The van der Waals surface area contributed by atoms with Crippen LogP contribution in [-0.4, -0.2) is 12.2 Å². The average molecular weight is 335 g/mol. The third kappa shape index (κ3) is 3.41. The molecule has 1 unspecified atom stereocenters. The van der Waals surface area contributed by atoms with Crippen LogP contribution in [0.1, 0.15) is 28.4 Å². The van der Waals surface area contributed by atoms with Crippen molar-refractivity contribution >= 4 is 15.9 Å². The van der Waals surface area contributed by atoms with Crippen LogP contribution in [-0.2, 0) is 6.42 Å². The van der Waals surface area contributed by atoms with Gasteiger partial charge in [-0.15, -0.1) is 0 Å². The number of aliphatic hydroxyl groups is 1. The van der Waals surface area contributed by atoms with E-state index in [1.54, 1.807) is 7.11 Å². The van der Waals surface area contributed by atoms with Crippen LogP contribution < -0.4 is 4.74 Å². The largest absolute Gasteiger partial charge is 0.497 e. The Bertz CT molecular complexity index is 608. The molecule has 0 amide bonds. The molecular formula is C17H19BrO2. The Kier molecular flexibility index (Phi) is 4.84. The van der Waals surface area contributed by atoms with Crippen molar-refractivity contribution in [2.24, 2.45) is 0 Å². The van der Waals surface area contributed by atoms with E-state index in [9.17, 15) is 5.11 Å². The third-order valence-electron chi connectivity index (χ3n) is 3.56. The first kappa shape index (κ1) is 15.1. The van der Waals surface area contributed by atoms with Gasteiger partial charge in [0.05, 0.1) is 13.2 Å². The minimum Gasteiger partial charge on any atom is -0.497 e. The maximum atomic E-state index is 10.4. The van der Waals surface area contributed by atoms with Gasteiger partial charge in [0.1, 0.15) is 5.75 Å². The first-order chi connectivity index (χ1) is 9.51. The molecule has 1 atom stereocenters. The summed E-state index contributed by atoms with van der Waals surface area (Å²) < 4.78 is 6.11. The Morgan fingerprint density at radius 1 is 1.10 bits per heavy atom. The van der Waals surface area contributed by atoms with Crippen LogP contribution in [0.5, 0.6) is 5.75 Å². The molecule has 0 aliphatic heterocycles. The first-order valence-corrected chi connectivity index (χ1v) is 7.38. The second-order valence-electron chi connectivity index (χ2n) is 5.03. The number of hydrogen-bond acceptors (Lipinski definition) is 2. The van der Waals surface area contributed by atoms with Gasteiger partial charge in [0.25, 0.3) is 0 Å².